The van der Waals surface area contributed by atoms with Gasteiger partial charge in [-0.05, 0) is 11.4 Å². The molecule has 9 heteroatoms. The van der Waals surface area contributed by atoms with Crippen LogP contribution in [0.3, 0.4) is 0 Å². The Hall–Kier alpha value is -2.68. The zero-order valence-corrected chi connectivity index (χ0v) is 10.9. The summed E-state index contributed by atoms with van der Waals surface area (Å²) in [5.74, 6) is -0.235. The Morgan fingerprint density at radius 2 is 2.45 bits per heavy atom. The van der Waals surface area contributed by atoms with Crippen molar-refractivity contribution >= 4 is 22.9 Å². The van der Waals surface area contributed by atoms with E-state index in [9.17, 15) is 10.1 Å². The van der Waals surface area contributed by atoms with Gasteiger partial charge in [-0.15, -0.1) is 11.3 Å². The zero-order chi connectivity index (χ0) is 14.5. The molecule has 2 aromatic rings. The molecule has 0 aliphatic carbocycles. The molecule has 2 rings (SSSR count). The number of amidine groups is 1. The standard InChI is InChI=1S/C11H10N4O4S/c12-10(14-16)9-4-7(15(17)18)5-13-11(9)19-6-8-2-1-3-20-8/h1-5,16H,6H2,(H2,12,14). The lowest BCUT2D eigenvalue weighted by Gasteiger charge is -2.08. The Kier molecular flexibility index (Phi) is 4.11. The van der Waals surface area contributed by atoms with Crippen molar-refractivity contribution in [1.29, 1.82) is 0 Å². The molecule has 2 aromatic heterocycles. The van der Waals surface area contributed by atoms with Crippen molar-refractivity contribution in [1.82, 2.24) is 4.98 Å². The van der Waals surface area contributed by atoms with Crippen LogP contribution >= 0.6 is 11.3 Å². The molecule has 0 spiro atoms. The average Bonchev–Trinajstić information content (AvgIpc) is 2.97. The summed E-state index contributed by atoms with van der Waals surface area (Å²) in [6.07, 6.45) is 1.05. The van der Waals surface area contributed by atoms with Crippen LogP contribution in [0.1, 0.15) is 10.4 Å². The highest BCUT2D eigenvalue weighted by molar-refractivity contribution is 7.09. The van der Waals surface area contributed by atoms with E-state index in [1.54, 1.807) is 0 Å². The predicted molar refractivity (Wildman–Crippen MR) is 72.1 cm³/mol. The largest absolute Gasteiger partial charge is 0.471 e. The smallest absolute Gasteiger partial charge is 0.288 e. The number of oxime groups is 1. The quantitative estimate of drug-likeness (QED) is 0.284. The van der Waals surface area contributed by atoms with Gasteiger partial charge >= 0.3 is 0 Å². The molecule has 0 unspecified atom stereocenters. The highest BCUT2D eigenvalue weighted by atomic mass is 32.1. The van der Waals surface area contributed by atoms with E-state index in [1.807, 2.05) is 17.5 Å². The Balaban J connectivity index is 2.29. The van der Waals surface area contributed by atoms with Gasteiger partial charge in [0.1, 0.15) is 12.8 Å². The number of thiophene rings is 1. The van der Waals surface area contributed by atoms with Gasteiger partial charge in [0, 0.05) is 10.9 Å². The summed E-state index contributed by atoms with van der Waals surface area (Å²) in [6, 6.07) is 4.89. The second-order valence-corrected chi connectivity index (χ2v) is 4.69. The van der Waals surface area contributed by atoms with E-state index >= 15 is 0 Å². The van der Waals surface area contributed by atoms with Gasteiger partial charge in [0.2, 0.25) is 5.88 Å². The monoisotopic (exact) mass is 294 g/mol. The fraction of sp³-hybridized carbons (Fsp3) is 0.0909. The summed E-state index contributed by atoms with van der Waals surface area (Å²) in [7, 11) is 0. The number of nitrogens with zero attached hydrogens (tertiary/aromatic N) is 3. The van der Waals surface area contributed by atoms with Crippen LogP contribution in [0.4, 0.5) is 5.69 Å². The first-order chi connectivity index (χ1) is 9.61. The van der Waals surface area contributed by atoms with Crippen LogP contribution in [0.2, 0.25) is 0 Å². The summed E-state index contributed by atoms with van der Waals surface area (Å²) in [5.41, 5.74) is 5.27. The molecule has 104 valence electrons. The van der Waals surface area contributed by atoms with Gasteiger partial charge in [-0.25, -0.2) is 4.98 Å². The SMILES string of the molecule is NC(=NO)c1cc([N+](=O)[O-])cnc1OCc1cccs1. The van der Waals surface area contributed by atoms with E-state index in [1.165, 1.54) is 11.3 Å². The molecule has 0 aromatic carbocycles. The van der Waals surface area contributed by atoms with Crippen LogP contribution in [0, 0.1) is 10.1 Å². The molecule has 0 fully saturated rings. The van der Waals surface area contributed by atoms with Gasteiger partial charge in [-0.2, -0.15) is 0 Å². The minimum absolute atomic E-state index is 0.0678. The lowest BCUT2D eigenvalue weighted by atomic mass is 10.2. The highest BCUT2D eigenvalue weighted by Gasteiger charge is 2.16. The van der Waals surface area contributed by atoms with Gasteiger partial charge < -0.3 is 15.7 Å². The first-order valence-electron chi connectivity index (χ1n) is 5.39. The summed E-state index contributed by atoms with van der Waals surface area (Å²) >= 11 is 1.50. The minimum atomic E-state index is -0.621. The van der Waals surface area contributed by atoms with Gasteiger partial charge in [-0.3, -0.25) is 10.1 Å². The average molecular weight is 294 g/mol. The third-order valence-corrected chi connectivity index (χ3v) is 3.21. The third-order valence-electron chi connectivity index (χ3n) is 2.36. The molecule has 0 aliphatic rings. The second-order valence-electron chi connectivity index (χ2n) is 3.66. The molecule has 8 nitrogen and oxygen atoms in total. The topological polar surface area (TPSA) is 124 Å². The lowest BCUT2D eigenvalue weighted by Crippen LogP contribution is -2.16. The Bertz CT molecular complexity index is 642. The summed E-state index contributed by atoms with van der Waals surface area (Å²) in [5, 5.41) is 24.1. The summed E-state index contributed by atoms with van der Waals surface area (Å²) in [4.78, 5) is 14.9. The number of rotatable bonds is 5. The van der Waals surface area contributed by atoms with Crippen LogP contribution in [-0.2, 0) is 6.61 Å². The van der Waals surface area contributed by atoms with Crippen molar-refractivity contribution in [3.8, 4) is 5.88 Å². The fourth-order valence-electron chi connectivity index (χ4n) is 1.43. The number of nitro groups is 1. The van der Waals surface area contributed by atoms with Crippen molar-refractivity contribution in [2.75, 3.05) is 0 Å². The molecule has 0 aliphatic heterocycles. The second kappa shape index (κ2) is 5.97. The van der Waals surface area contributed by atoms with Crippen molar-refractivity contribution < 1.29 is 14.9 Å². The Labute approximate surface area is 117 Å². The zero-order valence-electron chi connectivity index (χ0n) is 10.1. The molecule has 2 heterocycles. The fourth-order valence-corrected chi connectivity index (χ4v) is 2.04. The number of hydrogen-bond acceptors (Lipinski definition) is 7. The van der Waals surface area contributed by atoms with Crippen LogP contribution in [0.15, 0.2) is 34.9 Å². The van der Waals surface area contributed by atoms with Gasteiger partial charge in [0.05, 0.1) is 10.5 Å². The molecular formula is C11H10N4O4S. The third kappa shape index (κ3) is 3.01. The van der Waals surface area contributed by atoms with Crippen molar-refractivity contribution in [3.05, 3.63) is 50.3 Å². The maximum Gasteiger partial charge on any atom is 0.288 e. The highest BCUT2D eigenvalue weighted by Crippen LogP contribution is 2.22. The molecule has 0 amide bonds. The summed E-state index contributed by atoms with van der Waals surface area (Å²) in [6.45, 7) is 0.244. The first-order valence-corrected chi connectivity index (χ1v) is 6.27. The van der Waals surface area contributed by atoms with Gasteiger partial charge in [0.25, 0.3) is 5.69 Å². The normalized spacial score (nSPS) is 11.3. The Morgan fingerprint density at radius 1 is 1.65 bits per heavy atom. The van der Waals surface area contributed by atoms with E-state index in [0.29, 0.717) is 0 Å². The molecule has 20 heavy (non-hydrogen) atoms. The van der Waals surface area contributed by atoms with E-state index in [2.05, 4.69) is 10.1 Å². The van der Waals surface area contributed by atoms with Crippen LogP contribution in [0.25, 0.3) is 0 Å². The maximum absolute atomic E-state index is 10.7. The molecule has 0 saturated carbocycles. The number of nitrogens with two attached hydrogens (primary N) is 1. The van der Waals surface area contributed by atoms with Crippen LogP contribution < -0.4 is 10.5 Å². The van der Waals surface area contributed by atoms with Crippen molar-refractivity contribution in [3.63, 3.8) is 0 Å². The van der Waals surface area contributed by atoms with Crippen molar-refractivity contribution in [2.24, 2.45) is 10.9 Å². The lowest BCUT2D eigenvalue weighted by molar-refractivity contribution is -0.385. The number of hydrogen-bond donors (Lipinski definition) is 2. The number of pyridine rings is 1. The maximum atomic E-state index is 10.7. The predicted octanol–water partition coefficient (Wildman–Crippen LogP) is 1.72. The molecule has 0 saturated heterocycles. The number of aromatic nitrogens is 1. The first kappa shape index (κ1) is 13.7. The van der Waals surface area contributed by atoms with Crippen LogP contribution in [-0.4, -0.2) is 21.0 Å². The van der Waals surface area contributed by atoms with E-state index < -0.39 is 4.92 Å². The van der Waals surface area contributed by atoms with Gasteiger partial charge in [0.15, 0.2) is 5.84 Å². The molecule has 3 N–H and O–H groups in total. The molecule has 0 bridgehead atoms. The van der Waals surface area contributed by atoms with Crippen molar-refractivity contribution in [2.45, 2.75) is 6.61 Å². The van der Waals surface area contributed by atoms with E-state index in [-0.39, 0.29) is 29.6 Å². The van der Waals surface area contributed by atoms with Crippen LogP contribution in [0.5, 0.6) is 5.88 Å². The minimum Gasteiger partial charge on any atom is -0.471 e. The molecular weight excluding hydrogens is 284 g/mol. The van der Waals surface area contributed by atoms with E-state index in [4.69, 9.17) is 15.7 Å². The molecule has 0 atom stereocenters. The van der Waals surface area contributed by atoms with Gasteiger partial charge in [-0.1, -0.05) is 11.2 Å². The van der Waals surface area contributed by atoms with E-state index in [0.717, 1.165) is 17.1 Å². The molecule has 0 radical (unpaired) electrons. The number of ether oxygens (including phenoxy) is 1. The summed E-state index contributed by atoms with van der Waals surface area (Å²) < 4.78 is 5.44. The Morgan fingerprint density at radius 3 is 3.05 bits per heavy atom.